The number of esters is 1. The van der Waals surface area contributed by atoms with E-state index in [1.807, 2.05) is 210 Å². The van der Waals surface area contributed by atoms with Crippen LogP contribution in [0.3, 0.4) is 0 Å². The molecule has 12 rings (SSSR count). The number of rotatable bonds is 35. The Balaban J connectivity index is 0.772. The third kappa shape index (κ3) is 28.1. The zero-order valence-electron chi connectivity index (χ0n) is 76.5. The third-order valence-corrected chi connectivity index (χ3v) is 23.0. The largest absolute Gasteiger partial charge is 0.499 e. The molecule has 20 heteroatoms. The fourth-order valence-corrected chi connectivity index (χ4v) is 16.2. The maximum absolute atomic E-state index is 14.4. The van der Waals surface area contributed by atoms with Crippen LogP contribution in [0, 0.1) is 79.8 Å². The molecule has 8 aromatic carbocycles. The minimum absolute atomic E-state index is 0.00559. The van der Waals surface area contributed by atoms with Crippen molar-refractivity contribution in [2.45, 2.75) is 113 Å². The number of aliphatic hydroxyl groups excluding tert-OH is 3. The summed E-state index contributed by atoms with van der Waals surface area (Å²) >= 11 is 0. The zero-order valence-corrected chi connectivity index (χ0v) is 76.5. The van der Waals surface area contributed by atoms with Gasteiger partial charge in [0.05, 0.1) is 25.2 Å². The van der Waals surface area contributed by atoms with Gasteiger partial charge in [-0.15, -0.1) is 0 Å². The number of hydrogen-bond donors (Lipinski definition) is 3. The first-order valence-corrected chi connectivity index (χ1v) is 43.8. The molecular weight excluding hydrogens is 1640 g/mol. The van der Waals surface area contributed by atoms with Crippen LogP contribution in [0.1, 0.15) is 142 Å². The predicted molar refractivity (Wildman–Crippen MR) is 520 cm³/mol. The first-order chi connectivity index (χ1) is 62.8. The number of nitrogens with zero attached hydrogens (tertiary/aromatic N) is 9. The lowest BCUT2D eigenvalue weighted by molar-refractivity contribution is 0.0733. The smallest absolute Gasteiger partial charge is 0.343 e. The SMILES string of the molecule is C=C1CC(/C=C/c2ccc(N(C)CCOc3cc(COc4cc(OCc5cc(OCCN(C)c6ccc(/C=C/C7=CC(=C(C#N)C#N)CC(C)(C)C7)cc6)cc(OCCN(C)c6ccc(/C=C/C7=CC(=C(/O)C#N)/CC(C)(C)C7)cc6)c5)cc(C(=O)Oc5ccc(C)cc5)c4)cc(OCN(C)c4ccc(/C=C/C5=CC(=C(/O)C#N)/CC(C)(C)C5)cc4)c3)cc2)=CC(=C(/O)C#N)/C1. The van der Waals surface area contributed by atoms with Gasteiger partial charge in [-0.25, -0.2) is 4.79 Å². The molecule has 0 unspecified atom stereocenters. The number of ether oxygens (including phenoxy) is 7. The molecule has 0 saturated carbocycles. The molecule has 3 N–H and O–H groups in total. The van der Waals surface area contributed by atoms with Crippen LogP contribution in [-0.2, 0) is 13.2 Å². The lowest BCUT2D eigenvalue weighted by Gasteiger charge is -2.30. The van der Waals surface area contributed by atoms with E-state index in [0.29, 0.717) is 140 Å². The first kappa shape index (κ1) is 94.8. The van der Waals surface area contributed by atoms with Crippen molar-refractivity contribution in [1.82, 2.24) is 0 Å². The van der Waals surface area contributed by atoms with Gasteiger partial charge < -0.3 is 68.1 Å². The van der Waals surface area contributed by atoms with Crippen molar-refractivity contribution in [3.05, 3.63) is 349 Å². The number of allylic oxidation sites excluding steroid dienone is 21. The van der Waals surface area contributed by atoms with Crippen molar-refractivity contribution < 1.29 is 53.3 Å². The Morgan fingerprint density at radius 1 is 0.374 bits per heavy atom. The number of hydrogen-bond acceptors (Lipinski definition) is 20. The summed E-state index contributed by atoms with van der Waals surface area (Å²) in [6, 6.07) is 66.1. The van der Waals surface area contributed by atoms with E-state index in [0.717, 1.165) is 103 Å². The van der Waals surface area contributed by atoms with E-state index < -0.39 is 5.97 Å². The van der Waals surface area contributed by atoms with E-state index >= 15 is 0 Å². The summed E-state index contributed by atoms with van der Waals surface area (Å²) in [6.07, 6.45) is 29.4. The molecule has 0 aromatic heterocycles. The topological polar surface area (TPSA) is 274 Å². The Morgan fingerprint density at radius 3 is 1.08 bits per heavy atom. The highest BCUT2D eigenvalue weighted by molar-refractivity contribution is 5.92. The third-order valence-electron chi connectivity index (χ3n) is 23.0. The van der Waals surface area contributed by atoms with E-state index in [4.69, 9.17) is 33.2 Å². The molecule has 0 spiro atoms. The van der Waals surface area contributed by atoms with Crippen LogP contribution >= 0.6 is 0 Å². The van der Waals surface area contributed by atoms with E-state index in [2.05, 4.69) is 142 Å². The minimum Gasteiger partial charge on any atom is -0.499 e. The summed E-state index contributed by atoms with van der Waals surface area (Å²) < 4.78 is 45.8. The number of carbonyl (C=O) groups excluding carboxylic acids is 1. The second-order valence-corrected chi connectivity index (χ2v) is 36.2. The van der Waals surface area contributed by atoms with E-state index in [1.165, 1.54) is 0 Å². The summed E-state index contributed by atoms with van der Waals surface area (Å²) in [6.45, 7) is 21.6. The highest BCUT2D eigenvalue weighted by Crippen LogP contribution is 2.44. The molecule has 4 aliphatic rings. The molecule has 0 heterocycles. The molecule has 0 radical (unpaired) electrons. The molecule has 8 aromatic rings. The zero-order chi connectivity index (χ0) is 93.4. The van der Waals surface area contributed by atoms with Crippen molar-refractivity contribution in [2.75, 3.05) is 94.0 Å². The highest BCUT2D eigenvalue weighted by Gasteiger charge is 2.30. The standard InChI is InChI=1S/C111H113N9O11/c1-76-13-39-98(40-14-76)131-108(124)89-57-103(128-73-86-53-99(125-44-41-117(9)95-33-25-79(26-34-95)16-20-83-50-90(93(68-112)69-113)65-109(3,4)62-83)59-100(54-86)126-45-42-118(10)96-35-27-80(28-36-96)17-21-84-51-91(106(122)71-115)66-110(5,6)63-84)61-104(58-89)129-74-87-55-101(127-46-43-119(11)94-31-23-78(24-32-94)15-19-82-47-77(2)48-88(49-82)105(121)70-114)60-102(56-87)130-75-120(12)97-37-29-81(30-38-97)18-22-85-52-92(107(123)72-116)67-111(7,8)64-85/h13-40,49-61,121-123H,2,41-48,62-67,73-75H2,1,3-12H3/b19-15+,20-16+,21-17+,22-18+,105-88+,106-91-,107-92-. The maximum Gasteiger partial charge on any atom is 0.343 e. The van der Waals surface area contributed by atoms with Gasteiger partial charge in [-0.2, -0.15) is 26.3 Å². The fraction of sp³-hybridized carbons (Fsp3) is 0.279. The van der Waals surface area contributed by atoms with E-state index in [9.17, 15) is 46.4 Å². The van der Waals surface area contributed by atoms with Crippen LogP contribution in [0.25, 0.3) is 24.3 Å². The summed E-state index contributed by atoms with van der Waals surface area (Å²) in [5.41, 5.74) is 17.8. The molecule has 4 aliphatic carbocycles. The van der Waals surface area contributed by atoms with Crippen molar-refractivity contribution >= 4 is 53.0 Å². The lowest BCUT2D eigenvalue weighted by Crippen LogP contribution is -2.24. The van der Waals surface area contributed by atoms with E-state index in [1.54, 1.807) is 30.3 Å². The summed E-state index contributed by atoms with van der Waals surface area (Å²) in [7, 11) is 7.97. The Morgan fingerprint density at radius 2 is 0.702 bits per heavy atom. The van der Waals surface area contributed by atoms with E-state index in [-0.39, 0.29) is 64.6 Å². The van der Waals surface area contributed by atoms with Gasteiger partial charge in [0.2, 0.25) is 0 Å². The van der Waals surface area contributed by atoms with Gasteiger partial charge in [0, 0.05) is 85.9 Å². The van der Waals surface area contributed by atoms with Gasteiger partial charge in [-0.05, 0) is 233 Å². The van der Waals surface area contributed by atoms with Crippen molar-refractivity contribution in [2.24, 2.45) is 16.2 Å². The first-order valence-electron chi connectivity index (χ1n) is 43.8. The minimum atomic E-state index is -0.633. The van der Waals surface area contributed by atoms with Crippen LogP contribution in [0.5, 0.6) is 40.2 Å². The summed E-state index contributed by atoms with van der Waals surface area (Å²) in [4.78, 5) is 22.7. The molecule has 0 saturated heterocycles. The molecule has 0 bridgehead atoms. The number of aryl methyl sites for hydroxylation is 1. The van der Waals surface area contributed by atoms with Crippen LogP contribution < -0.4 is 52.8 Å². The average Bonchev–Trinajstić information content (AvgIpc) is 0.833. The molecule has 20 nitrogen and oxygen atoms in total. The molecule has 0 fully saturated rings. The predicted octanol–water partition coefficient (Wildman–Crippen LogP) is 24.3. The lowest BCUT2D eigenvalue weighted by atomic mass is 9.74. The Hall–Kier alpha value is -15.3. The van der Waals surface area contributed by atoms with Crippen LogP contribution in [0.2, 0.25) is 0 Å². The van der Waals surface area contributed by atoms with Gasteiger partial charge in [-0.3, -0.25) is 0 Å². The molecule has 0 amide bonds. The Kier molecular flexibility index (Phi) is 31.8. The summed E-state index contributed by atoms with van der Waals surface area (Å²) in [5, 5.41) is 78.3. The molecule has 0 atom stereocenters. The Labute approximate surface area is 770 Å². The van der Waals surface area contributed by atoms with Crippen molar-refractivity contribution in [1.29, 1.82) is 26.3 Å². The number of anilines is 4. The van der Waals surface area contributed by atoms with Gasteiger partial charge in [0.25, 0.3) is 0 Å². The molecule has 668 valence electrons. The van der Waals surface area contributed by atoms with Gasteiger partial charge >= 0.3 is 5.97 Å². The molecular formula is C111H113N9O11. The van der Waals surface area contributed by atoms with Crippen molar-refractivity contribution in [3.63, 3.8) is 0 Å². The number of nitriles is 5. The number of carbonyl (C=O) groups is 1. The van der Waals surface area contributed by atoms with Crippen LogP contribution in [0.4, 0.5) is 22.7 Å². The molecule has 131 heavy (non-hydrogen) atoms. The fourth-order valence-electron chi connectivity index (χ4n) is 16.2. The second kappa shape index (κ2) is 43.9. The van der Waals surface area contributed by atoms with Gasteiger partial charge in [0.15, 0.2) is 24.0 Å². The number of aliphatic hydroxyl groups is 3. The average molecular weight is 1750 g/mol. The Bertz CT molecular complexity index is 6140. The van der Waals surface area contributed by atoms with Gasteiger partial charge in [-0.1, -0.05) is 193 Å². The van der Waals surface area contributed by atoms with Crippen molar-refractivity contribution in [3.8, 4) is 70.6 Å². The quantitative estimate of drug-likeness (QED) is 0.00633. The van der Waals surface area contributed by atoms with Crippen LogP contribution in [0.15, 0.2) is 304 Å². The highest BCUT2D eigenvalue weighted by atomic mass is 16.5. The van der Waals surface area contributed by atoms with Crippen LogP contribution in [-0.4, -0.2) is 95.7 Å². The monoisotopic (exact) mass is 1750 g/mol. The normalized spacial score (nSPS) is 16.2. The number of likely N-dealkylation sites (N-methyl/N-ethyl adjacent to an activating group) is 3. The summed E-state index contributed by atoms with van der Waals surface area (Å²) in [5.74, 6) is 1.71. The van der Waals surface area contributed by atoms with Gasteiger partial charge in [0.1, 0.15) is 109 Å². The second-order valence-electron chi connectivity index (χ2n) is 36.2. The maximum atomic E-state index is 14.4. The molecule has 0 aliphatic heterocycles. The number of benzene rings is 8.